The summed E-state index contributed by atoms with van der Waals surface area (Å²) in [5.41, 5.74) is 0. The van der Waals surface area contributed by atoms with Crippen LogP contribution in [0.5, 0.6) is 0 Å². The van der Waals surface area contributed by atoms with E-state index in [9.17, 15) is 4.79 Å². The van der Waals surface area contributed by atoms with Crippen LogP contribution < -0.4 is 0 Å². The molecule has 2 rings (SSSR count). The molecule has 1 heterocycles. The zero-order valence-electron chi connectivity index (χ0n) is 12.2. The zero-order chi connectivity index (χ0) is 13.1. The summed E-state index contributed by atoms with van der Waals surface area (Å²) >= 11 is 0. The Hall–Kier alpha value is -0.570. The van der Waals surface area contributed by atoms with Crippen molar-refractivity contribution >= 4 is 5.91 Å². The summed E-state index contributed by atoms with van der Waals surface area (Å²) in [6.45, 7) is 10.6. The fourth-order valence-electron chi connectivity index (χ4n) is 3.12. The van der Waals surface area contributed by atoms with E-state index in [1.165, 1.54) is 12.8 Å². The van der Waals surface area contributed by atoms with Gasteiger partial charge in [0.05, 0.1) is 0 Å². The molecular weight excluding hydrogens is 224 g/mol. The Labute approximate surface area is 112 Å². The van der Waals surface area contributed by atoms with Gasteiger partial charge in [-0.3, -0.25) is 9.69 Å². The van der Waals surface area contributed by atoms with Gasteiger partial charge in [0.2, 0.25) is 5.91 Å². The van der Waals surface area contributed by atoms with Gasteiger partial charge in [-0.1, -0.05) is 13.8 Å². The molecule has 0 aromatic carbocycles. The summed E-state index contributed by atoms with van der Waals surface area (Å²) in [5.74, 6) is 1.57. The highest BCUT2D eigenvalue weighted by atomic mass is 16.2. The molecule has 3 nitrogen and oxygen atoms in total. The van der Waals surface area contributed by atoms with Crippen molar-refractivity contribution < 1.29 is 4.79 Å². The fourth-order valence-corrected chi connectivity index (χ4v) is 3.12. The predicted molar refractivity (Wildman–Crippen MR) is 74.4 cm³/mol. The first kappa shape index (κ1) is 13.9. The van der Waals surface area contributed by atoms with Crippen LogP contribution in [0.3, 0.4) is 0 Å². The zero-order valence-corrected chi connectivity index (χ0v) is 12.2. The van der Waals surface area contributed by atoms with E-state index in [0.29, 0.717) is 5.91 Å². The minimum Gasteiger partial charge on any atom is -0.340 e. The number of hydrogen-bond donors (Lipinski definition) is 0. The molecule has 1 saturated heterocycles. The summed E-state index contributed by atoms with van der Waals surface area (Å²) in [7, 11) is 0. The Morgan fingerprint density at radius 1 is 1.11 bits per heavy atom. The maximum Gasteiger partial charge on any atom is 0.225 e. The molecular formula is C15H28N2O. The molecule has 0 aromatic heterocycles. The quantitative estimate of drug-likeness (QED) is 0.750. The number of amides is 1. The molecule has 2 fully saturated rings. The van der Waals surface area contributed by atoms with Gasteiger partial charge in [-0.2, -0.15) is 0 Å². The largest absolute Gasteiger partial charge is 0.340 e. The van der Waals surface area contributed by atoms with Gasteiger partial charge in [0.15, 0.2) is 0 Å². The summed E-state index contributed by atoms with van der Waals surface area (Å²) < 4.78 is 0. The number of carbonyl (C=O) groups excluding carboxylic acids is 1. The average molecular weight is 252 g/mol. The molecule has 1 aliphatic heterocycles. The molecule has 0 bridgehead atoms. The molecule has 104 valence electrons. The van der Waals surface area contributed by atoms with E-state index in [2.05, 4.69) is 30.6 Å². The first-order valence-electron chi connectivity index (χ1n) is 7.70. The van der Waals surface area contributed by atoms with Gasteiger partial charge in [-0.25, -0.2) is 0 Å². The molecule has 18 heavy (non-hydrogen) atoms. The highest BCUT2D eigenvalue weighted by molar-refractivity contribution is 5.78. The van der Waals surface area contributed by atoms with Gasteiger partial charge in [-0.05, 0) is 38.5 Å². The SMILES string of the molecule is CCC(CC)C(=O)N1CCN(C(C)C2CC2)CC1. The van der Waals surface area contributed by atoms with Crippen molar-refractivity contribution in [1.82, 2.24) is 9.80 Å². The molecule has 1 saturated carbocycles. The molecule has 3 heteroatoms. The van der Waals surface area contributed by atoms with Crippen LogP contribution in [0.4, 0.5) is 0 Å². The van der Waals surface area contributed by atoms with Crippen molar-refractivity contribution in [2.75, 3.05) is 26.2 Å². The van der Waals surface area contributed by atoms with Crippen molar-refractivity contribution in [3.63, 3.8) is 0 Å². The van der Waals surface area contributed by atoms with Crippen molar-refractivity contribution in [3.8, 4) is 0 Å². The second-order valence-corrected chi connectivity index (χ2v) is 5.95. The van der Waals surface area contributed by atoms with Crippen LogP contribution in [0.2, 0.25) is 0 Å². The second kappa shape index (κ2) is 6.05. The molecule has 0 spiro atoms. The van der Waals surface area contributed by atoms with E-state index in [-0.39, 0.29) is 5.92 Å². The van der Waals surface area contributed by atoms with Crippen LogP contribution >= 0.6 is 0 Å². The van der Waals surface area contributed by atoms with Crippen LogP contribution in [-0.4, -0.2) is 47.9 Å². The van der Waals surface area contributed by atoms with Crippen LogP contribution in [0.25, 0.3) is 0 Å². The molecule has 0 N–H and O–H groups in total. The van der Waals surface area contributed by atoms with Gasteiger partial charge in [-0.15, -0.1) is 0 Å². The van der Waals surface area contributed by atoms with E-state index < -0.39 is 0 Å². The number of piperazine rings is 1. The van der Waals surface area contributed by atoms with Crippen LogP contribution in [0.15, 0.2) is 0 Å². The van der Waals surface area contributed by atoms with Crippen molar-refractivity contribution in [2.45, 2.75) is 52.5 Å². The summed E-state index contributed by atoms with van der Waals surface area (Å²) in [4.78, 5) is 17.0. The highest BCUT2D eigenvalue weighted by Gasteiger charge is 2.34. The summed E-state index contributed by atoms with van der Waals surface area (Å²) in [6.07, 6.45) is 4.78. The lowest BCUT2D eigenvalue weighted by molar-refractivity contribution is -0.137. The monoisotopic (exact) mass is 252 g/mol. The average Bonchev–Trinajstić information content (AvgIpc) is 3.24. The first-order chi connectivity index (χ1) is 8.67. The van der Waals surface area contributed by atoms with Gasteiger partial charge >= 0.3 is 0 Å². The minimum absolute atomic E-state index is 0.248. The summed E-state index contributed by atoms with van der Waals surface area (Å²) in [6, 6.07) is 0.732. The van der Waals surface area contributed by atoms with Gasteiger partial charge in [0, 0.05) is 38.1 Å². The van der Waals surface area contributed by atoms with Crippen molar-refractivity contribution in [3.05, 3.63) is 0 Å². The molecule has 1 unspecified atom stereocenters. The lowest BCUT2D eigenvalue weighted by atomic mass is 10.0. The third kappa shape index (κ3) is 3.05. The number of carbonyl (C=O) groups is 1. The molecule has 0 aromatic rings. The van der Waals surface area contributed by atoms with E-state index in [1.54, 1.807) is 0 Å². The van der Waals surface area contributed by atoms with Gasteiger partial charge in [0.1, 0.15) is 0 Å². The third-order valence-corrected chi connectivity index (χ3v) is 4.84. The van der Waals surface area contributed by atoms with Gasteiger partial charge in [0.25, 0.3) is 0 Å². The second-order valence-electron chi connectivity index (χ2n) is 5.95. The minimum atomic E-state index is 0.248. The lowest BCUT2D eigenvalue weighted by Gasteiger charge is -2.39. The topological polar surface area (TPSA) is 23.6 Å². The molecule has 1 atom stereocenters. The maximum atomic E-state index is 12.3. The molecule has 2 aliphatic rings. The third-order valence-electron chi connectivity index (χ3n) is 4.84. The fraction of sp³-hybridized carbons (Fsp3) is 0.933. The number of rotatable bonds is 5. The number of hydrogen-bond acceptors (Lipinski definition) is 2. The van der Waals surface area contributed by atoms with Crippen LogP contribution in [0, 0.1) is 11.8 Å². The van der Waals surface area contributed by atoms with E-state index in [0.717, 1.165) is 51.0 Å². The molecule has 0 radical (unpaired) electrons. The highest BCUT2D eigenvalue weighted by Crippen LogP contribution is 2.35. The Kier molecular flexibility index (Phi) is 4.66. The van der Waals surface area contributed by atoms with E-state index >= 15 is 0 Å². The van der Waals surface area contributed by atoms with E-state index in [1.807, 2.05) is 0 Å². The standard InChI is InChI=1S/C15H28N2O/c1-4-13(5-2)15(18)17-10-8-16(9-11-17)12(3)14-6-7-14/h12-14H,4-11H2,1-3H3. The lowest BCUT2D eigenvalue weighted by Crippen LogP contribution is -2.52. The number of nitrogens with zero attached hydrogens (tertiary/aromatic N) is 2. The van der Waals surface area contributed by atoms with Crippen LogP contribution in [0.1, 0.15) is 46.5 Å². The van der Waals surface area contributed by atoms with Crippen LogP contribution in [-0.2, 0) is 4.79 Å². The Balaban J connectivity index is 1.80. The van der Waals surface area contributed by atoms with Crippen molar-refractivity contribution in [2.24, 2.45) is 11.8 Å². The first-order valence-corrected chi connectivity index (χ1v) is 7.70. The molecule has 1 amide bonds. The Bertz CT molecular complexity index is 276. The smallest absolute Gasteiger partial charge is 0.225 e. The Morgan fingerprint density at radius 2 is 1.67 bits per heavy atom. The normalized spacial score (nSPS) is 23.4. The van der Waals surface area contributed by atoms with Gasteiger partial charge < -0.3 is 4.90 Å². The molecule has 1 aliphatic carbocycles. The Morgan fingerprint density at radius 3 is 2.11 bits per heavy atom. The summed E-state index contributed by atoms with van der Waals surface area (Å²) in [5, 5.41) is 0. The predicted octanol–water partition coefficient (Wildman–Crippen LogP) is 2.37. The van der Waals surface area contributed by atoms with E-state index in [4.69, 9.17) is 0 Å². The maximum absolute atomic E-state index is 12.3. The van der Waals surface area contributed by atoms with Crippen molar-refractivity contribution in [1.29, 1.82) is 0 Å².